The molecule has 38 heavy (non-hydrogen) atoms. The van der Waals surface area contributed by atoms with Gasteiger partial charge in [0.15, 0.2) is 11.3 Å². The first kappa shape index (κ1) is 25.1. The quantitative estimate of drug-likeness (QED) is 0.309. The second kappa shape index (κ2) is 9.73. The van der Waals surface area contributed by atoms with Crippen LogP contribution in [0.1, 0.15) is 52.5 Å². The summed E-state index contributed by atoms with van der Waals surface area (Å²) in [5, 5.41) is 10.6. The molecule has 2 aromatic carbocycles. The smallest absolute Gasteiger partial charge is 0.289 e. The second-order valence-corrected chi connectivity index (χ2v) is 9.24. The Balaban J connectivity index is 1.47. The zero-order valence-electron chi connectivity index (χ0n) is 20.9. The van der Waals surface area contributed by atoms with Crippen LogP contribution >= 0.6 is 0 Å². The number of nitrogens with one attached hydrogen (secondary N) is 1. The van der Waals surface area contributed by atoms with Crippen LogP contribution in [0.5, 0.6) is 0 Å². The van der Waals surface area contributed by atoms with Crippen LogP contribution in [0.2, 0.25) is 0 Å². The molecule has 0 bridgehead atoms. The van der Waals surface area contributed by atoms with E-state index in [4.69, 9.17) is 0 Å². The fourth-order valence-electron chi connectivity index (χ4n) is 4.07. The Morgan fingerprint density at radius 1 is 1.08 bits per heavy atom. The lowest BCUT2D eigenvalue weighted by atomic mass is 10.0. The van der Waals surface area contributed by atoms with E-state index in [1.54, 1.807) is 16.8 Å². The van der Waals surface area contributed by atoms with Gasteiger partial charge in [-0.05, 0) is 35.6 Å². The summed E-state index contributed by atoms with van der Waals surface area (Å²) in [6, 6.07) is 15.9. The number of aromatic nitrogens is 6. The lowest BCUT2D eigenvalue weighted by Crippen LogP contribution is -2.16. The lowest BCUT2D eigenvalue weighted by Gasteiger charge is -2.12. The van der Waals surface area contributed by atoms with Crippen molar-refractivity contribution in [3.63, 3.8) is 0 Å². The molecule has 11 heteroatoms. The van der Waals surface area contributed by atoms with E-state index >= 15 is 0 Å². The Morgan fingerprint density at radius 3 is 2.50 bits per heavy atom. The van der Waals surface area contributed by atoms with Gasteiger partial charge >= 0.3 is 6.18 Å². The van der Waals surface area contributed by atoms with Crippen LogP contribution in [-0.4, -0.2) is 35.3 Å². The Kier molecular flexibility index (Phi) is 6.43. The molecule has 0 saturated carbocycles. The van der Waals surface area contributed by atoms with E-state index in [1.807, 2.05) is 57.2 Å². The molecule has 0 fully saturated rings. The number of halogens is 3. The first-order valence-electron chi connectivity index (χ1n) is 11.9. The number of amides is 1. The van der Waals surface area contributed by atoms with Crippen molar-refractivity contribution in [3.05, 3.63) is 95.1 Å². The molecule has 0 atom stereocenters. The molecule has 5 aromatic rings. The third kappa shape index (κ3) is 4.99. The van der Waals surface area contributed by atoms with Gasteiger partial charge in [-0.1, -0.05) is 62.4 Å². The summed E-state index contributed by atoms with van der Waals surface area (Å²) in [4.78, 5) is 21.6. The van der Waals surface area contributed by atoms with Crippen molar-refractivity contribution < 1.29 is 18.0 Å². The van der Waals surface area contributed by atoms with Crippen molar-refractivity contribution in [3.8, 4) is 11.3 Å². The average Bonchev–Trinajstić information content (AvgIpc) is 3.51. The van der Waals surface area contributed by atoms with Crippen LogP contribution in [0.25, 0.3) is 16.9 Å². The molecule has 0 saturated heterocycles. The summed E-state index contributed by atoms with van der Waals surface area (Å²) in [5.74, 6) is -0.440. The number of carbonyl (C=O) groups is 1. The Bertz CT molecular complexity index is 1620. The molecule has 0 aliphatic carbocycles. The van der Waals surface area contributed by atoms with Gasteiger partial charge in [-0.2, -0.15) is 18.3 Å². The molecule has 1 N–H and O–H groups in total. The summed E-state index contributed by atoms with van der Waals surface area (Å²) >= 11 is 0. The van der Waals surface area contributed by atoms with Gasteiger partial charge in [-0.15, -0.1) is 5.10 Å². The molecular formula is C27H24F3N7O. The summed E-state index contributed by atoms with van der Waals surface area (Å²) in [5.41, 5.74) is 2.35. The van der Waals surface area contributed by atoms with E-state index in [2.05, 4.69) is 25.5 Å². The lowest BCUT2D eigenvalue weighted by molar-refractivity contribution is -0.142. The highest BCUT2D eigenvalue weighted by molar-refractivity contribution is 6.07. The van der Waals surface area contributed by atoms with Crippen molar-refractivity contribution in [2.24, 2.45) is 0 Å². The Labute approximate surface area is 216 Å². The highest BCUT2D eigenvalue weighted by atomic mass is 19.4. The van der Waals surface area contributed by atoms with Crippen molar-refractivity contribution in [1.29, 1.82) is 0 Å². The molecule has 0 unspecified atom stereocenters. The van der Waals surface area contributed by atoms with Gasteiger partial charge < -0.3 is 0 Å². The Hall–Kier alpha value is -4.54. The maximum Gasteiger partial charge on any atom is 0.433 e. The number of hydrogen-bond donors (Lipinski definition) is 1. The van der Waals surface area contributed by atoms with Crippen molar-refractivity contribution in [1.82, 2.24) is 29.4 Å². The maximum atomic E-state index is 13.9. The first-order valence-corrected chi connectivity index (χ1v) is 11.9. The molecule has 3 aromatic heterocycles. The number of fused-ring (bicyclic) bond motifs is 1. The van der Waals surface area contributed by atoms with Crippen LogP contribution in [0.4, 0.5) is 19.1 Å². The van der Waals surface area contributed by atoms with Crippen molar-refractivity contribution >= 4 is 17.5 Å². The number of hydrogen-bond acceptors (Lipinski definition) is 5. The minimum atomic E-state index is -4.72. The van der Waals surface area contributed by atoms with Crippen LogP contribution < -0.4 is 5.32 Å². The van der Waals surface area contributed by atoms with E-state index in [9.17, 15) is 18.0 Å². The third-order valence-corrected chi connectivity index (χ3v) is 6.24. The number of carbonyl (C=O) groups excluding carboxylic acids is 1. The minimum absolute atomic E-state index is 0.0133. The predicted octanol–water partition coefficient (Wildman–Crippen LogP) is 5.74. The van der Waals surface area contributed by atoms with E-state index in [-0.39, 0.29) is 28.8 Å². The Morgan fingerprint density at radius 2 is 1.82 bits per heavy atom. The summed E-state index contributed by atoms with van der Waals surface area (Å²) in [6.45, 7) is 6.48. The van der Waals surface area contributed by atoms with Gasteiger partial charge in [0.1, 0.15) is 11.9 Å². The standard InChI is InChI=1S/C27H24F3N7O/c1-16(2)18-8-10-19(11-9-18)22-12-23(27(28,29)30)37-24(33-22)21(13-32-37)25(38)34-26-31-15-36(35-26)14-20-7-5-4-6-17(20)3/h4-13,15-16H,14H2,1-3H3,(H,34,35,38). The number of anilines is 1. The average molecular weight is 520 g/mol. The summed E-state index contributed by atoms with van der Waals surface area (Å²) in [6.07, 6.45) is -2.19. The van der Waals surface area contributed by atoms with E-state index < -0.39 is 17.8 Å². The molecule has 3 heterocycles. The molecule has 0 spiro atoms. The van der Waals surface area contributed by atoms with Crippen molar-refractivity contribution in [2.75, 3.05) is 5.32 Å². The zero-order chi connectivity index (χ0) is 27.0. The van der Waals surface area contributed by atoms with Gasteiger partial charge in [-0.3, -0.25) is 10.1 Å². The highest BCUT2D eigenvalue weighted by Gasteiger charge is 2.36. The summed E-state index contributed by atoms with van der Waals surface area (Å²) < 4.78 is 44.0. The van der Waals surface area contributed by atoms with Gasteiger partial charge in [0.2, 0.25) is 5.95 Å². The predicted molar refractivity (Wildman–Crippen MR) is 136 cm³/mol. The normalized spacial score (nSPS) is 11.9. The monoisotopic (exact) mass is 519 g/mol. The fraction of sp³-hybridized carbons (Fsp3) is 0.222. The molecule has 8 nitrogen and oxygen atoms in total. The topological polar surface area (TPSA) is 90.0 Å². The van der Waals surface area contributed by atoms with Gasteiger partial charge in [-0.25, -0.2) is 19.2 Å². The molecule has 0 aliphatic heterocycles. The SMILES string of the molecule is Cc1ccccc1Cn1cnc(NC(=O)c2cnn3c(C(F)(F)F)cc(-c4ccc(C(C)C)cc4)nc23)n1. The van der Waals surface area contributed by atoms with Crippen molar-refractivity contribution in [2.45, 2.75) is 39.4 Å². The number of nitrogens with zero attached hydrogens (tertiary/aromatic N) is 6. The number of rotatable bonds is 6. The zero-order valence-corrected chi connectivity index (χ0v) is 20.9. The largest absolute Gasteiger partial charge is 0.433 e. The number of aryl methyl sites for hydroxylation is 1. The molecule has 0 radical (unpaired) electrons. The maximum absolute atomic E-state index is 13.9. The van der Waals surface area contributed by atoms with Gasteiger partial charge in [0, 0.05) is 5.56 Å². The number of alkyl halides is 3. The first-order chi connectivity index (χ1) is 18.1. The van der Waals surface area contributed by atoms with Gasteiger partial charge in [0.05, 0.1) is 18.4 Å². The van der Waals surface area contributed by atoms with E-state index in [0.29, 0.717) is 16.6 Å². The second-order valence-electron chi connectivity index (χ2n) is 9.24. The van der Waals surface area contributed by atoms with Crippen LogP contribution in [0.15, 0.2) is 67.1 Å². The molecule has 194 valence electrons. The van der Waals surface area contributed by atoms with E-state index in [0.717, 1.165) is 29.0 Å². The summed E-state index contributed by atoms with van der Waals surface area (Å²) in [7, 11) is 0. The fourth-order valence-corrected chi connectivity index (χ4v) is 4.07. The highest BCUT2D eigenvalue weighted by Crippen LogP contribution is 2.33. The molecular weight excluding hydrogens is 495 g/mol. The molecule has 0 aliphatic rings. The van der Waals surface area contributed by atoms with E-state index in [1.165, 1.54) is 6.33 Å². The van der Waals surface area contributed by atoms with Crippen LogP contribution in [-0.2, 0) is 12.7 Å². The van der Waals surface area contributed by atoms with Crippen LogP contribution in [0, 0.1) is 6.92 Å². The van der Waals surface area contributed by atoms with Gasteiger partial charge in [0.25, 0.3) is 5.91 Å². The van der Waals surface area contributed by atoms with Crippen LogP contribution in [0.3, 0.4) is 0 Å². The number of benzene rings is 2. The molecule has 1 amide bonds. The minimum Gasteiger partial charge on any atom is -0.289 e. The third-order valence-electron chi connectivity index (χ3n) is 6.24. The molecule has 5 rings (SSSR count).